The highest BCUT2D eigenvalue weighted by molar-refractivity contribution is 7.11. The van der Waals surface area contributed by atoms with Gasteiger partial charge < -0.3 is 10.4 Å². The number of thiazole rings is 1. The highest BCUT2D eigenvalue weighted by atomic mass is 32.1. The first-order valence-electron chi connectivity index (χ1n) is 6.89. The predicted octanol–water partition coefficient (Wildman–Crippen LogP) is 2.49. The van der Waals surface area contributed by atoms with Gasteiger partial charge in [0.2, 0.25) is 5.91 Å². The molecule has 1 aromatic heterocycles. The molecule has 0 aromatic carbocycles. The third kappa shape index (κ3) is 4.03. The number of aromatic nitrogens is 1. The highest BCUT2D eigenvalue weighted by Gasteiger charge is 2.37. The lowest BCUT2D eigenvalue weighted by molar-refractivity contribution is -0.140. The smallest absolute Gasteiger partial charge is 0.303 e. The van der Waals surface area contributed by atoms with Gasteiger partial charge in [-0.25, -0.2) is 4.98 Å². The molecule has 2 rings (SSSR count). The molecule has 2 N–H and O–H groups in total. The zero-order valence-electron chi connectivity index (χ0n) is 11.6. The number of nitrogens with one attached hydrogen (secondary N) is 1. The molecule has 1 fully saturated rings. The predicted molar refractivity (Wildman–Crippen MR) is 76.5 cm³/mol. The molecule has 0 unspecified atom stereocenters. The molecule has 0 aliphatic heterocycles. The second kappa shape index (κ2) is 6.35. The maximum atomic E-state index is 12.0. The third-order valence-electron chi connectivity index (χ3n) is 3.85. The van der Waals surface area contributed by atoms with Crippen LogP contribution in [0.1, 0.15) is 48.4 Å². The van der Waals surface area contributed by atoms with Crippen LogP contribution in [0.25, 0.3) is 0 Å². The van der Waals surface area contributed by atoms with E-state index in [1.165, 1.54) is 0 Å². The molecule has 1 aromatic rings. The number of aryl methyl sites for hydroxylation is 1. The molecule has 6 heteroatoms. The molecule has 5 nitrogen and oxygen atoms in total. The van der Waals surface area contributed by atoms with Crippen LogP contribution in [0.5, 0.6) is 0 Å². The Bertz CT molecular complexity index is 492. The van der Waals surface area contributed by atoms with Gasteiger partial charge in [0.25, 0.3) is 0 Å². The maximum absolute atomic E-state index is 12.0. The summed E-state index contributed by atoms with van der Waals surface area (Å²) >= 11 is 1.56. The van der Waals surface area contributed by atoms with E-state index in [1.807, 2.05) is 6.92 Å². The fourth-order valence-electron chi connectivity index (χ4n) is 2.94. The van der Waals surface area contributed by atoms with E-state index in [2.05, 4.69) is 10.3 Å². The SMILES string of the molecule is Cc1ncc(CNC(=O)CC2(CC(=O)O)CCCC2)s1. The van der Waals surface area contributed by atoms with E-state index in [0.717, 1.165) is 35.6 Å². The summed E-state index contributed by atoms with van der Waals surface area (Å²) in [6, 6.07) is 0. The molecule has 1 amide bonds. The summed E-state index contributed by atoms with van der Waals surface area (Å²) in [6.07, 6.45) is 5.90. The van der Waals surface area contributed by atoms with Crippen LogP contribution in [-0.4, -0.2) is 22.0 Å². The van der Waals surface area contributed by atoms with Gasteiger partial charge in [0, 0.05) is 17.5 Å². The van der Waals surface area contributed by atoms with E-state index < -0.39 is 5.97 Å². The molecule has 1 saturated carbocycles. The van der Waals surface area contributed by atoms with E-state index in [0.29, 0.717) is 13.0 Å². The van der Waals surface area contributed by atoms with Crippen molar-refractivity contribution in [1.82, 2.24) is 10.3 Å². The topological polar surface area (TPSA) is 79.3 Å². The number of nitrogens with zero attached hydrogens (tertiary/aromatic N) is 1. The molecule has 0 saturated heterocycles. The molecule has 0 bridgehead atoms. The second-order valence-corrected chi connectivity index (χ2v) is 6.90. The average Bonchev–Trinajstić information content (AvgIpc) is 2.95. The Labute approximate surface area is 122 Å². The second-order valence-electron chi connectivity index (χ2n) is 5.58. The van der Waals surface area contributed by atoms with Gasteiger partial charge in [-0.3, -0.25) is 9.59 Å². The Hall–Kier alpha value is -1.43. The number of carbonyl (C=O) groups is 2. The van der Waals surface area contributed by atoms with Crippen LogP contribution in [0.15, 0.2) is 6.20 Å². The summed E-state index contributed by atoms with van der Waals surface area (Å²) in [4.78, 5) is 28.2. The Morgan fingerprint density at radius 3 is 2.65 bits per heavy atom. The lowest BCUT2D eigenvalue weighted by atomic mass is 9.79. The summed E-state index contributed by atoms with van der Waals surface area (Å²) in [5, 5.41) is 12.9. The van der Waals surface area contributed by atoms with Crippen molar-refractivity contribution in [1.29, 1.82) is 0 Å². The van der Waals surface area contributed by atoms with Crippen LogP contribution in [0.4, 0.5) is 0 Å². The van der Waals surface area contributed by atoms with E-state index in [-0.39, 0.29) is 17.7 Å². The zero-order valence-corrected chi connectivity index (χ0v) is 12.5. The van der Waals surface area contributed by atoms with Crippen LogP contribution < -0.4 is 5.32 Å². The standard InChI is InChI=1S/C14H20N2O3S/c1-10-15-8-11(20-10)9-16-12(17)6-14(7-13(18)19)4-2-3-5-14/h8H,2-7,9H2,1H3,(H,16,17)(H,18,19). The number of rotatable bonds is 6. The number of hydrogen-bond donors (Lipinski definition) is 2. The van der Waals surface area contributed by atoms with Gasteiger partial charge in [-0.05, 0) is 25.2 Å². The minimum absolute atomic E-state index is 0.0563. The fraction of sp³-hybridized carbons (Fsp3) is 0.643. The van der Waals surface area contributed by atoms with Crippen LogP contribution in [0.2, 0.25) is 0 Å². The Kier molecular flexibility index (Phi) is 4.75. The van der Waals surface area contributed by atoms with Crippen molar-refractivity contribution in [3.05, 3.63) is 16.1 Å². The van der Waals surface area contributed by atoms with Gasteiger partial charge in [-0.2, -0.15) is 0 Å². The first-order valence-corrected chi connectivity index (χ1v) is 7.71. The van der Waals surface area contributed by atoms with Gasteiger partial charge in [-0.15, -0.1) is 11.3 Å². The summed E-state index contributed by atoms with van der Waals surface area (Å²) in [5.41, 5.74) is -0.334. The van der Waals surface area contributed by atoms with Crippen LogP contribution in [0.3, 0.4) is 0 Å². The van der Waals surface area contributed by atoms with E-state index in [4.69, 9.17) is 5.11 Å². The number of hydrogen-bond acceptors (Lipinski definition) is 4. The summed E-state index contributed by atoms with van der Waals surface area (Å²) in [5.74, 6) is -0.864. The van der Waals surface area contributed by atoms with Crippen molar-refractivity contribution in [2.75, 3.05) is 0 Å². The van der Waals surface area contributed by atoms with Gasteiger partial charge >= 0.3 is 5.97 Å². The normalized spacial score (nSPS) is 17.1. The lowest BCUT2D eigenvalue weighted by Gasteiger charge is -2.26. The molecule has 0 radical (unpaired) electrons. The molecule has 0 atom stereocenters. The quantitative estimate of drug-likeness (QED) is 0.845. The first kappa shape index (κ1) is 15.0. The molecular formula is C14H20N2O3S. The van der Waals surface area contributed by atoms with Crippen LogP contribution in [-0.2, 0) is 16.1 Å². The van der Waals surface area contributed by atoms with Crippen molar-refractivity contribution < 1.29 is 14.7 Å². The molecule has 1 heterocycles. The Morgan fingerprint density at radius 1 is 1.40 bits per heavy atom. The lowest BCUT2D eigenvalue weighted by Crippen LogP contribution is -2.31. The molecule has 20 heavy (non-hydrogen) atoms. The first-order chi connectivity index (χ1) is 9.49. The van der Waals surface area contributed by atoms with E-state index in [1.54, 1.807) is 17.5 Å². The highest BCUT2D eigenvalue weighted by Crippen LogP contribution is 2.44. The van der Waals surface area contributed by atoms with Crippen LogP contribution >= 0.6 is 11.3 Å². The third-order valence-corrected chi connectivity index (χ3v) is 4.77. The average molecular weight is 296 g/mol. The molecular weight excluding hydrogens is 276 g/mol. The van der Waals surface area contributed by atoms with Crippen molar-refractivity contribution in [3.8, 4) is 0 Å². The molecule has 110 valence electrons. The van der Waals surface area contributed by atoms with Crippen molar-refractivity contribution in [3.63, 3.8) is 0 Å². The van der Waals surface area contributed by atoms with E-state index in [9.17, 15) is 9.59 Å². The molecule has 1 aliphatic rings. The number of carboxylic acids is 1. The van der Waals surface area contributed by atoms with Gasteiger partial charge in [-0.1, -0.05) is 12.8 Å². The number of amides is 1. The summed E-state index contributed by atoms with van der Waals surface area (Å²) < 4.78 is 0. The molecule has 1 aliphatic carbocycles. The minimum atomic E-state index is -0.808. The number of aliphatic carboxylic acids is 1. The number of carboxylic acid groups (broad SMARTS) is 1. The van der Waals surface area contributed by atoms with Crippen LogP contribution in [0, 0.1) is 12.3 Å². The van der Waals surface area contributed by atoms with Gasteiger partial charge in [0.15, 0.2) is 0 Å². The zero-order chi connectivity index (χ0) is 14.6. The summed E-state index contributed by atoms with van der Waals surface area (Å²) in [7, 11) is 0. The minimum Gasteiger partial charge on any atom is -0.481 e. The van der Waals surface area contributed by atoms with Gasteiger partial charge in [0.1, 0.15) is 0 Å². The monoisotopic (exact) mass is 296 g/mol. The van der Waals surface area contributed by atoms with Crippen molar-refractivity contribution in [2.24, 2.45) is 5.41 Å². The summed E-state index contributed by atoms with van der Waals surface area (Å²) in [6.45, 7) is 2.41. The molecule has 0 spiro atoms. The van der Waals surface area contributed by atoms with Gasteiger partial charge in [0.05, 0.1) is 18.0 Å². The van der Waals surface area contributed by atoms with Crippen molar-refractivity contribution in [2.45, 2.75) is 52.0 Å². The number of carbonyl (C=O) groups excluding carboxylic acids is 1. The fourth-order valence-corrected chi connectivity index (χ4v) is 3.67. The Balaban J connectivity index is 1.87. The largest absolute Gasteiger partial charge is 0.481 e. The van der Waals surface area contributed by atoms with Crippen molar-refractivity contribution >= 4 is 23.2 Å². The maximum Gasteiger partial charge on any atom is 0.303 e. The van der Waals surface area contributed by atoms with E-state index >= 15 is 0 Å². The Morgan fingerprint density at radius 2 is 2.10 bits per heavy atom.